The summed E-state index contributed by atoms with van der Waals surface area (Å²) < 4.78 is 11.6. The first kappa shape index (κ1) is 14.7. The molecule has 1 unspecified atom stereocenters. The molecule has 2 N–H and O–H groups in total. The molecule has 5 nitrogen and oxygen atoms in total. The Balaban J connectivity index is 2.25. The van der Waals surface area contributed by atoms with Gasteiger partial charge in [-0.1, -0.05) is 12.1 Å². The van der Waals surface area contributed by atoms with Crippen molar-refractivity contribution in [2.45, 2.75) is 25.9 Å². The summed E-state index contributed by atoms with van der Waals surface area (Å²) >= 11 is 0. The second kappa shape index (κ2) is 6.61. The van der Waals surface area contributed by atoms with Gasteiger partial charge in [0, 0.05) is 20.0 Å². The minimum Gasteiger partial charge on any atom is -0.490 e. The van der Waals surface area contributed by atoms with Crippen molar-refractivity contribution in [1.29, 1.82) is 0 Å². The van der Waals surface area contributed by atoms with Gasteiger partial charge in [-0.25, -0.2) is 0 Å². The normalized spacial score (nSPS) is 18.4. The van der Waals surface area contributed by atoms with Gasteiger partial charge >= 0.3 is 0 Å². The van der Waals surface area contributed by atoms with Crippen molar-refractivity contribution in [3.8, 4) is 11.5 Å². The molecule has 1 fully saturated rings. The number of likely N-dealkylation sites (N-methyl/N-ethyl adjacent to an activating group) is 1. The summed E-state index contributed by atoms with van der Waals surface area (Å²) in [6, 6.07) is 5.75. The summed E-state index contributed by atoms with van der Waals surface area (Å²) in [6.07, 6.45) is 0.989. The molecule has 1 saturated heterocycles. The van der Waals surface area contributed by atoms with E-state index in [-0.39, 0.29) is 5.91 Å². The molecule has 1 atom stereocenters. The Morgan fingerprint density at radius 1 is 1.45 bits per heavy atom. The molecule has 0 spiro atoms. The van der Waals surface area contributed by atoms with Crippen LogP contribution in [-0.2, 0) is 11.2 Å². The van der Waals surface area contributed by atoms with E-state index in [0.29, 0.717) is 37.5 Å². The van der Waals surface area contributed by atoms with Crippen LogP contribution in [-0.4, -0.2) is 43.7 Å². The molecular formula is C15H22N2O3. The Bertz CT molecular complexity index is 452. The fraction of sp³-hybridized carbons (Fsp3) is 0.533. The maximum atomic E-state index is 12.0. The zero-order chi connectivity index (χ0) is 14.5. The third-order valence-corrected chi connectivity index (χ3v) is 3.41. The van der Waals surface area contributed by atoms with E-state index >= 15 is 0 Å². The molecule has 20 heavy (non-hydrogen) atoms. The first-order chi connectivity index (χ1) is 9.67. The molecule has 0 bridgehead atoms. The molecule has 5 heteroatoms. The van der Waals surface area contributed by atoms with Crippen LogP contribution in [0, 0.1) is 0 Å². The molecule has 1 amide bonds. The molecule has 1 aromatic rings. The maximum Gasteiger partial charge on any atom is 0.263 e. The van der Waals surface area contributed by atoms with Crippen molar-refractivity contribution in [1.82, 2.24) is 4.90 Å². The standard InChI is InChI=1S/C15H22N2O3/c1-3-19-12-6-4-5-11(7-9-16)14(12)20-13-8-10-17(2)15(13)18/h4-6,13H,3,7-10,16H2,1-2H3. The fourth-order valence-corrected chi connectivity index (χ4v) is 2.36. The van der Waals surface area contributed by atoms with Crippen LogP contribution in [0.15, 0.2) is 18.2 Å². The van der Waals surface area contributed by atoms with E-state index in [1.807, 2.05) is 25.1 Å². The molecule has 1 aliphatic rings. The average Bonchev–Trinajstić information content (AvgIpc) is 2.75. The number of benzene rings is 1. The van der Waals surface area contributed by atoms with Crippen LogP contribution in [0.1, 0.15) is 18.9 Å². The second-order valence-electron chi connectivity index (χ2n) is 4.87. The molecule has 1 heterocycles. The molecule has 0 aliphatic carbocycles. The summed E-state index contributed by atoms with van der Waals surface area (Å²) in [5.41, 5.74) is 6.63. The number of carbonyl (C=O) groups excluding carboxylic acids is 1. The van der Waals surface area contributed by atoms with E-state index in [1.165, 1.54) is 0 Å². The molecule has 2 rings (SSSR count). The van der Waals surface area contributed by atoms with Crippen LogP contribution in [0.2, 0.25) is 0 Å². The van der Waals surface area contributed by atoms with Gasteiger partial charge in [-0.2, -0.15) is 0 Å². The molecule has 0 radical (unpaired) electrons. The summed E-state index contributed by atoms with van der Waals surface area (Å²) in [4.78, 5) is 13.7. The Labute approximate surface area is 119 Å². The smallest absolute Gasteiger partial charge is 0.263 e. The zero-order valence-electron chi connectivity index (χ0n) is 12.1. The molecule has 1 aromatic carbocycles. The number of nitrogens with zero attached hydrogens (tertiary/aromatic N) is 1. The van der Waals surface area contributed by atoms with Gasteiger partial charge in [-0.05, 0) is 31.5 Å². The lowest BCUT2D eigenvalue weighted by molar-refractivity contribution is -0.132. The van der Waals surface area contributed by atoms with Gasteiger partial charge in [0.25, 0.3) is 5.91 Å². The van der Waals surface area contributed by atoms with E-state index in [0.717, 1.165) is 12.1 Å². The highest BCUT2D eigenvalue weighted by molar-refractivity contribution is 5.83. The number of ether oxygens (including phenoxy) is 2. The van der Waals surface area contributed by atoms with E-state index in [4.69, 9.17) is 15.2 Å². The number of hydrogen-bond acceptors (Lipinski definition) is 4. The lowest BCUT2D eigenvalue weighted by Crippen LogP contribution is -2.29. The van der Waals surface area contributed by atoms with Gasteiger partial charge < -0.3 is 20.1 Å². The molecule has 0 saturated carbocycles. The van der Waals surface area contributed by atoms with Crippen molar-refractivity contribution in [3.05, 3.63) is 23.8 Å². The molecule has 110 valence electrons. The maximum absolute atomic E-state index is 12.0. The number of para-hydroxylation sites is 1. The SMILES string of the molecule is CCOc1cccc(CCN)c1OC1CCN(C)C1=O. The van der Waals surface area contributed by atoms with Gasteiger partial charge in [0.15, 0.2) is 17.6 Å². The van der Waals surface area contributed by atoms with Crippen LogP contribution in [0.3, 0.4) is 0 Å². The summed E-state index contributed by atoms with van der Waals surface area (Å²) in [5.74, 6) is 1.37. The lowest BCUT2D eigenvalue weighted by Gasteiger charge is -2.19. The average molecular weight is 278 g/mol. The molecular weight excluding hydrogens is 256 g/mol. The number of likely N-dealkylation sites (tertiary alicyclic amines) is 1. The third kappa shape index (κ3) is 3.04. The highest BCUT2D eigenvalue weighted by Gasteiger charge is 2.32. The lowest BCUT2D eigenvalue weighted by atomic mass is 10.1. The van der Waals surface area contributed by atoms with Crippen LogP contribution in [0.25, 0.3) is 0 Å². The topological polar surface area (TPSA) is 64.8 Å². The van der Waals surface area contributed by atoms with E-state index in [1.54, 1.807) is 11.9 Å². The van der Waals surface area contributed by atoms with Crippen molar-refractivity contribution < 1.29 is 14.3 Å². The second-order valence-corrected chi connectivity index (χ2v) is 4.87. The van der Waals surface area contributed by atoms with E-state index in [9.17, 15) is 4.79 Å². The van der Waals surface area contributed by atoms with Crippen molar-refractivity contribution in [2.75, 3.05) is 26.7 Å². The van der Waals surface area contributed by atoms with E-state index in [2.05, 4.69) is 0 Å². The number of hydrogen-bond donors (Lipinski definition) is 1. The van der Waals surface area contributed by atoms with Gasteiger partial charge in [0.05, 0.1) is 6.61 Å². The van der Waals surface area contributed by atoms with Crippen molar-refractivity contribution >= 4 is 5.91 Å². The predicted molar refractivity (Wildman–Crippen MR) is 77.0 cm³/mol. The third-order valence-electron chi connectivity index (χ3n) is 3.41. The Morgan fingerprint density at radius 3 is 2.85 bits per heavy atom. The van der Waals surface area contributed by atoms with Crippen molar-refractivity contribution in [3.63, 3.8) is 0 Å². The first-order valence-corrected chi connectivity index (χ1v) is 7.03. The fourth-order valence-electron chi connectivity index (χ4n) is 2.36. The summed E-state index contributed by atoms with van der Waals surface area (Å²) in [7, 11) is 1.79. The van der Waals surface area contributed by atoms with Crippen LogP contribution in [0.4, 0.5) is 0 Å². The van der Waals surface area contributed by atoms with Crippen molar-refractivity contribution in [2.24, 2.45) is 5.73 Å². The number of carbonyl (C=O) groups is 1. The zero-order valence-corrected chi connectivity index (χ0v) is 12.1. The molecule has 0 aromatic heterocycles. The van der Waals surface area contributed by atoms with Crippen LogP contribution >= 0.6 is 0 Å². The first-order valence-electron chi connectivity index (χ1n) is 7.03. The van der Waals surface area contributed by atoms with Gasteiger partial charge in [0.2, 0.25) is 0 Å². The quantitative estimate of drug-likeness (QED) is 0.849. The number of nitrogens with two attached hydrogens (primary N) is 1. The summed E-state index contributed by atoms with van der Waals surface area (Å²) in [5, 5.41) is 0. The largest absolute Gasteiger partial charge is 0.490 e. The highest BCUT2D eigenvalue weighted by atomic mass is 16.5. The number of amides is 1. The van der Waals surface area contributed by atoms with Crippen LogP contribution < -0.4 is 15.2 Å². The minimum absolute atomic E-state index is 0.0231. The minimum atomic E-state index is -0.418. The number of rotatable bonds is 6. The summed E-state index contributed by atoms with van der Waals surface area (Å²) in [6.45, 7) is 3.74. The highest BCUT2D eigenvalue weighted by Crippen LogP contribution is 2.33. The molecule has 1 aliphatic heterocycles. The van der Waals surface area contributed by atoms with Gasteiger partial charge in [-0.3, -0.25) is 4.79 Å². The Kier molecular flexibility index (Phi) is 4.84. The van der Waals surface area contributed by atoms with Gasteiger partial charge in [0.1, 0.15) is 0 Å². The predicted octanol–water partition coefficient (Wildman–Crippen LogP) is 1.20. The Hall–Kier alpha value is -1.75. The monoisotopic (exact) mass is 278 g/mol. The van der Waals surface area contributed by atoms with Crippen LogP contribution in [0.5, 0.6) is 11.5 Å². The Morgan fingerprint density at radius 2 is 2.25 bits per heavy atom. The van der Waals surface area contributed by atoms with E-state index < -0.39 is 6.10 Å². The van der Waals surface area contributed by atoms with Gasteiger partial charge in [-0.15, -0.1) is 0 Å².